The van der Waals surface area contributed by atoms with Crippen molar-refractivity contribution in [2.45, 2.75) is 19.4 Å². The summed E-state index contributed by atoms with van der Waals surface area (Å²) >= 11 is 2.24. The normalized spacial score (nSPS) is 12.3. The molecule has 74 valence electrons. The van der Waals surface area contributed by atoms with Gasteiger partial charge in [-0.1, -0.05) is 0 Å². The summed E-state index contributed by atoms with van der Waals surface area (Å²) in [6.07, 6.45) is 0. The number of nitrogens with zero attached hydrogens (tertiary/aromatic N) is 1. The van der Waals surface area contributed by atoms with E-state index < -0.39 is 5.60 Å². The summed E-state index contributed by atoms with van der Waals surface area (Å²) in [4.78, 5) is 0. The van der Waals surface area contributed by atoms with Gasteiger partial charge in [-0.2, -0.15) is 5.10 Å². The Morgan fingerprint density at radius 3 is 2.79 bits per heavy atom. The van der Waals surface area contributed by atoms with Crippen LogP contribution < -0.4 is 0 Å². The van der Waals surface area contributed by atoms with Crippen molar-refractivity contribution in [1.82, 2.24) is 10.2 Å². The number of benzene rings is 1. The number of aliphatic hydroxyl groups is 1. The minimum Gasteiger partial charge on any atom is -0.384 e. The topological polar surface area (TPSA) is 48.9 Å². The van der Waals surface area contributed by atoms with Gasteiger partial charge in [-0.05, 0) is 54.6 Å². The molecule has 0 amide bonds. The average molecular weight is 302 g/mol. The molecule has 0 saturated carbocycles. The minimum absolute atomic E-state index is 0.768. The van der Waals surface area contributed by atoms with Crippen molar-refractivity contribution in [3.05, 3.63) is 27.5 Å². The van der Waals surface area contributed by atoms with E-state index >= 15 is 0 Å². The number of aromatic nitrogens is 2. The molecule has 0 atom stereocenters. The first kappa shape index (κ1) is 9.92. The van der Waals surface area contributed by atoms with Crippen molar-refractivity contribution in [2.24, 2.45) is 0 Å². The number of hydrogen-bond acceptors (Lipinski definition) is 2. The van der Waals surface area contributed by atoms with Crippen LogP contribution in [0.3, 0.4) is 0 Å². The molecule has 0 fully saturated rings. The van der Waals surface area contributed by atoms with Crippen LogP contribution in [-0.4, -0.2) is 15.3 Å². The van der Waals surface area contributed by atoms with E-state index in [0.717, 1.165) is 20.2 Å². The van der Waals surface area contributed by atoms with Crippen LogP contribution in [0.2, 0.25) is 0 Å². The lowest BCUT2D eigenvalue weighted by atomic mass is 10.0. The van der Waals surface area contributed by atoms with Crippen molar-refractivity contribution in [3.8, 4) is 0 Å². The Bertz CT molecular complexity index is 470. The molecule has 14 heavy (non-hydrogen) atoms. The van der Waals surface area contributed by atoms with Gasteiger partial charge in [-0.15, -0.1) is 0 Å². The predicted octanol–water partition coefficient (Wildman–Crippen LogP) is 2.39. The fourth-order valence-electron chi connectivity index (χ4n) is 1.45. The van der Waals surface area contributed by atoms with Gasteiger partial charge < -0.3 is 5.11 Å². The Morgan fingerprint density at radius 2 is 2.14 bits per heavy atom. The summed E-state index contributed by atoms with van der Waals surface area (Å²) in [5, 5.41) is 17.9. The van der Waals surface area contributed by atoms with E-state index in [-0.39, 0.29) is 0 Å². The highest BCUT2D eigenvalue weighted by Gasteiger charge is 2.21. The summed E-state index contributed by atoms with van der Waals surface area (Å²) in [6, 6.07) is 5.98. The SMILES string of the molecule is CC(C)(O)c1[nH]nc2cc(I)ccc12. The molecule has 4 heteroatoms. The molecule has 3 nitrogen and oxygen atoms in total. The van der Waals surface area contributed by atoms with Crippen molar-refractivity contribution in [2.75, 3.05) is 0 Å². The van der Waals surface area contributed by atoms with E-state index in [9.17, 15) is 5.11 Å². The van der Waals surface area contributed by atoms with E-state index in [1.165, 1.54) is 0 Å². The van der Waals surface area contributed by atoms with Crippen LogP contribution in [0, 0.1) is 3.57 Å². The molecule has 0 aliphatic rings. The Morgan fingerprint density at radius 1 is 1.43 bits per heavy atom. The second-order valence-corrected chi connectivity index (χ2v) is 5.06. The summed E-state index contributed by atoms with van der Waals surface area (Å²) in [5.41, 5.74) is 0.791. The van der Waals surface area contributed by atoms with Gasteiger partial charge in [0.05, 0.1) is 11.2 Å². The molecule has 0 aliphatic heterocycles. The summed E-state index contributed by atoms with van der Waals surface area (Å²) in [5.74, 6) is 0. The van der Waals surface area contributed by atoms with Gasteiger partial charge in [-0.3, -0.25) is 5.10 Å². The molecular formula is C10H11IN2O. The zero-order valence-corrected chi connectivity index (χ0v) is 10.2. The first-order valence-corrected chi connectivity index (χ1v) is 5.43. The van der Waals surface area contributed by atoms with Crippen molar-refractivity contribution in [1.29, 1.82) is 0 Å². The lowest BCUT2D eigenvalue weighted by Gasteiger charge is -2.14. The standard InChI is InChI=1S/C10H11IN2O/c1-10(2,14)9-7-4-3-6(11)5-8(7)12-13-9/h3-5,14H,1-2H3,(H,12,13). The molecule has 2 rings (SSSR count). The zero-order chi connectivity index (χ0) is 10.3. The number of halogens is 1. The van der Waals surface area contributed by atoms with Gasteiger partial charge in [0, 0.05) is 8.96 Å². The molecule has 1 aromatic carbocycles. The fraction of sp³-hybridized carbons (Fsp3) is 0.300. The van der Waals surface area contributed by atoms with E-state index in [4.69, 9.17) is 0 Å². The monoisotopic (exact) mass is 302 g/mol. The zero-order valence-electron chi connectivity index (χ0n) is 8.00. The maximum Gasteiger partial charge on any atom is 0.101 e. The Kier molecular flexibility index (Phi) is 2.27. The maximum atomic E-state index is 9.87. The summed E-state index contributed by atoms with van der Waals surface area (Å²) in [6.45, 7) is 3.50. The highest BCUT2D eigenvalue weighted by Crippen LogP contribution is 2.26. The van der Waals surface area contributed by atoms with Crippen molar-refractivity contribution >= 4 is 33.5 Å². The molecule has 1 heterocycles. The number of nitrogens with one attached hydrogen (secondary N) is 1. The van der Waals surface area contributed by atoms with Gasteiger partial charge >= 0.3 is 0 Å². The molecule has 0 unspecified atom stereocenters. The molecule has 1 aromatic heterocycles. The van der Waals surface area contributed by atoms with Gasteiger partial charge in [0.15, 0.2) is 0 Å². The molecule has 0 saturated heterocycles. The molecule has 0 radical (unpaired) electrons. The second kappa shape index (κ2) is 3.20. The number of aromatic amines is 1. The Labute approximate surface area is 95.7 Å². The van der Waals surface area contributed by atoms with Crippen LogP contribution >= 0.6 is 22.6 Å². The number of rotatable bonds is 1. The second-order valence-electron chi connectivity index (χ2n) is 3.82. The van der Waals surface area contributed by atoms with Crippen LogP contribution in [0.25, 0.3) is 10.9 Å². The highest BCUT2D eigenvalue weighted by molar-refractivity contribution is 14.1. The van der Waals surface area contributed by atoms with Crippen molar-refractivity contribution < 1.29 is 5.11 Å². The van der Waals surface area contributed by atoms with Crippen LogP contribution in [0.15, 0.2) is 18.2 Å². The third kappa shape index (κ3) is 1.64. The third-order valence-corrected chi connectivity index (χ3v) is 2.80. The van der Waals surface area contributed by atoms with Crippen LogP contribution in [0.1, 0.15) is 19.5 Å². The largest absolute Gasteiger partial charge is 0.384 e. The molecule has 2 aromatic rings. The highest BCUT2D eigenvalue weighted by atomic mass is 127. The Hall–Kier alpha value is -0.620. The van der Waals surface area contributed by atoms with Crippen LogP contribution in [0.5, 0.6) is 0 Å². The van der Waals surface area contributed by atoms with Gasteiger partial charge in [-0.25, -0.2) is 0 Å². The van der Waals surface area contributed by atoms with Gasteiger partial charge in [0.1, 0.15) is 5.60 Å². The maximum absolute atomic E-state index is 9.87. The van der Waals surface area contributed by atoms with Crippen molar-refractivity contribution in [3.63, 3.8) is 0 Å². The first-order chi connectivity index (χ1) is 6.48. The molecular weight excluding hydrogens is 291 g/mol. The predicted molar refractivity (Wildman–Crippen MR) is 64.1 cm³/mol. The lowest BCUT2D eigenvalue weighted by Crippen LogP contribution is -2.16. The third-order valence-electron chi connectivity index (χ3n) is 2.13. The fourth-order valence-corrected chi connectivity index (χ4v) is 1.93. The average Bonchev–Trinajstić information content (AvgIpc) is 2.45. The summed E-state index contributed by atoms with van der Waals surface area (Å²) in [7, 11) is 0. The molecule has 2 N–H and O–H groups in total. The van der Waals surface area contributed by atoms with Gasteiger partial charge in [0.2, 0.25) is 0 Å². The number of fused-ring (bicyclic) bond motifs is 1. The van der Waals surface area contributed by atoms with Crippen LogP contribution in [0.4, 0.5) is 0 Å². The number of hydrogen-bond donors (Lipinski definition) is 2. The molecule has 0 bridgehead atoms. The molecule has 0 aliphatic carbocycles. The van der Waals surface area contributed by atoms with E-state index in [2.05, 4.69) is 32.8 Å². The van der Waals surface area contributed by atoms with E-state index in [1.807, 2.05) is 18.2 Å². The minimum atomic E-state index is -0.873. The van der Waals surface area contributed by atoms with Gasteiger partial charge in [0.25, 0.3) is 0 Å². The summed E-state index contributed by atoms with van der Waals surface area (Å²) < 4.78 is 1.14. The first-order valence-electron chi connectivity index (χ1n) is 4.35. The Balaban J connectivity index is 2.70. The lowest BCUT2D eigenvalue weighted by molar-refractivity contribution is 0.0753. The van der Waals surface area contributed by atoms with E-state index in [1.54, 1.807) is 13.8 Å². The molecule has 0 spiro atoms. The smallest absolute Gasteiger partial charge is 0.101 e. The quantitative estimate of drug-likeness (QED) is 0.795. The number of H-pyrrole nitrogens is 1. The van der Waals surface area contributed by atoms with E-state index in [0.29, 0.717) is 0 Å². The van der Waals surface area contributed by atoms with Crippen LogP contribution in [-0.2, 0) is 5.60 Å².